The molecule has 15 heavy (non-hydrogen) atoms. The second-order valence-electron chi connectivity index (χ2n) is 3.44. The summed E-state index contributed by atoms with van der Waals surface area (Å²) in [5, 5.41) is 6.43. The van der Waals surface area contributed by atoms with Gasteiger partial charge in [0.1, 0.15) is 5.75 Å². The highest BCUT2D eigenvalue weighted by atomic mass is 16.5. The topological polar surface area (TPSA) is 33.3 Å². The monoisotopic (exact) mass is 208 g/mol. The van der Waals surface area contributed by atoms with E-state index in [0.29, 0.717) is 6.61 Å². The quantitative estimate of drug-likeness (QED) is 0.702. The first-order valence-corrected chi connectivity index (χ1v) is 5.40. The van der Waals surface area contributed by atoms with E-state index in [0.717, 1.165) is 24.5 Å². The van der Waals surface area contributed by atoms with Crippen LogP contribution in [0.5, 0.6) is 5.75 Å². The molecule has 2 N–H and O–H groups in total. The third-order valence-corrected chi connectivity index (χ3v) is 2.18. The summed E-state index contributed by atoms with van der Waals surface area (Å²) in [4.78, 5) is 0. The molecule has 0 saturated carbocycles. The summed E-state index contributed by atoms with van der Waals surface area (Å²) in [6.45, 7) is 6.68. The van der Waals surface area contributed by atoms with Gasteiger partial charge >= 0.3 is 0 Å². The number of ether oxygens (including phenoxy) is 1. The van der Waals surface area contributed by atoms with Crippen molar-refractivity contribution in [1.29, 1.82) is 0 Å². The zero-order chi connectivity index (χ0) is 11.1. The van der Waals surface area contributed by atoms with Crippen molar-refractivity contribution in [1.82, 2.24) is 5.32 Å². The molecule has 3 nitrogen and oxygen atoms in total. The Kier molecular flexibility index (Phi) is 4.98. The molecule has 0 fully saturated rings. The Morgan fingerprint density at radius 1 is 1.27 bits per heavy atom. The predicted molar refractivity (Wildman–Crippen MR) is 64.8 cm³/mol. The molecule has 0 heterocycles. The smallest absolute Gasteiger partial charge is 0.122 e. The van der Waals surface area contributed by atoms with Crippen LogP contribution in [0.1, 0.15) is 12.5 Å². The van der Waals surface area contributed by atoms with Crippen LogP contribution < -0.4 is 15.4 Å². The highest BCUT2D eigenvalue weighted by Gasteiger charge is 1.99. The van der Waals surface area contributed by atoms with Gasteiger partial charge in [-0.1, -0.05) is 0 Å². The zero-order valence-electron chi connectivity index (χ0n) is 9.76. The van der Waals surface area contributed by atoms with Crippen LogP contribution in [0.2, 0.25) is 0 Å². The fourth-order valence-corrected chi connectivity index (χ4v) is 1.41. The molecular formula is C12H20N2O. The lowest BCUT2D eigenvalue weighted by Gasteiger charge is -2.10. The van der Waals surface area contributed by atoms with Gasteiger partial charge in [-0.3, -0.25) is 0 Å². The minimum atomic E-state index is 0.716. The van der Waals surface area contributed by atoms with Crippen molar-refractivity contribution in [2.24, 2.45) is 0 Å². The number of benzene rings is 1. The van der Waals surface area contributed by atoms with Crippen molar-refractivity contribution in [2.45, 2.75) is 13.8 Å². The third kappa shape index (κ3) is 3.80. The van der Waals surface area contributed by atoms with Crippen molar-refractivity contribution in [3.05, 3.63) is 23.8 Å². The van der Waals surface area contributed by atoms with E-state index in [-0.39, 0.29) is 0 Å². The fraction of sp³-hybridized carbons (Fsp3) is 0.500. The number of nitrogens with one attached hydrogen (secondary N) is 2. The van der Waals surface area contributed by atoms with Crippen LogP contribution in [0.3, 0.4) is 0 Å². The maximum atomic E-state index is 5.48. The molecule has 84 valence electrons. The van der Waals surface area contributed by atoms with Crippen molar-refractivity contribution in [2.75, 3.05) is 32.1 Å². The summed E-state index contributed by atoms with van der Waals surface area (Å²) in [6.07, 6.45) is 0. The molecule has 1 rings (SSSR count). The lowest BCUT2D eigenvalue weighted by molar-refractivity contribution is 0.338. The van der Waals surface area contributed by atoms with Gasteiger partial charge in [-0.05, 0) is 44.7 Å². The van der Waals surface area contributed by atoms with Gasteiger partial charge in [0.05, 0.1) is 6.61 Å². The third-order valence-electron chi connectivity index (χ3n) is 2.18. The summed E-state index contributed by atoms with van der Waals surface area (Å²) in [7, 11) is 1.95. The van der Waals surface area contributed by atoms with E-state index >= 15 is 0 Å². The van der Waals surface area contributed by atoms with E-state index < -0.39 is 0 Å². The molecule has 1 aromatic rings. The predicted octanol–water partition coefficient (Wildman–Crippen LogP) is 2.03. The summed E-state index contributed by atoms with van der Waals surface area (Å²) in [5.41, 5.74) is 2.32. The fourth-order valence-electron chi connectivity index (χ4n) is 1.41. The Hall–Kier alpha value is -1.22. The highest BCUT2D eigenvalue weighted by Crippen LogP contribution is 2.21. The average Bonchev–Trinajstić information content (AvgIpc) is 2.23. The van der Waals surface area contributed by atoms with E-state index in [2.05, 4.69) is 23.6 Å². The van der Waals surface area contributed by atoms with Gasteiger partial charge in [-0.2, -0.15) is 0 Å². The Morgan fingerprint density at radius 3 is 2.67 bits per heavy atom. The van der Waals surface area contributed by atoms with Crippen molar-refractivity contribution in [3.63, 3.8) is 0 Å². The summed E-state index contributed by atoms with van der Waals surface area (Å²) in [5.74, 6) is 0.969. The molecule has 0 aromatic heterocycles. The maximum absolute atomic E-state index is 5.48. The van der Waals surface area contributed by atoms with Crippen LogP contribution in [0, 0.1) is 6.92 Å². The van der Waals surface area contributed by atoms with Crippen LogP contribution >= 0.6 is 0 Å². The first-order chi connectivity index (χ1) is 7.27. The molecule has 0 bridgehead atoms. The molecule has 0 saturated heterocycles. The van der Waals surface area contributed by atoms with Gasteiger partial charge in [-0.15, -0.1) is 0 Å². The standard InChI is InChI=1S/C12H20N2O/c1-4-15-12-6-5-11(9-10(12)2)14-8-7-13-3/h5-6,9,13-14H,4,7-8H2,1-3H3. The molecule has 0 aliphatic heterocycles. The van der Waals surface area contributed by atoms with Gasteiger partial charge in [-0.25, -0.2) is 0 Å². The molecule has 0 aliphatic rings. The van der Waals surface area contributed by atoms with Gasteiger partial charge in [0.2, 0.25) is 0 Å². The summed E-state index contributed by atoms with van der Waals surface area (Å²) >= 11 is 0. The lowest BCUT2D eigenvalue weighted by atomic mass is 10.2. The molecular weight excluding hydrogens is 188 g/mol. The molecule has 0 radical (unpaired) electrons. The molecule has 0 aliphatic carbocycles. The van der Waals surface area contributed by atoms with Gasteiger partial charge in [0.15, 0.2) is 0 Å². The zero-order valence-corrected chi connectivity index (χ0v) is 9.76. The largest absolute Gasteiger partial charge is 0.494 e. The number of aryl methyl sites for hydroxylation is 1. The van der Waals surface area contributed by atoms with Gasteiger partial charge in [0.25, 0.3) is 0 Å². The minimum Gasteiger partial charge on any atom is -0.494 e. The molecule has 0 amide bonds. The second kappa shape index (κ2) is 6.30. The average molecular weight is 208 g/mol. The SMILES string of the molecule is CCOc1ccc(NCCNC)cc1C. The number of anilines is 1. The highest BCUT2D eigenvalue weighted by molar-refractivity contribution is 5.50. The molecule has 0 atom stereocenters. The van der Waals surface area contributed by atoms with Crippen LogP contribution in [0.25, 0.3) is 0 Å². The summed E-state index contributed by atoms with van der Waals surface area (Å²) < 4.78 is 5.48. The van der Waals surface area contributed by atoms with E-state index in [1.54, 1.807) is 0 Å². The van der Waals surface area contributed by atoms with Crippen molar-refractivity contribution in [3.8, 4) is 5.75 Å². The Morgan fingerprint density at radius 2 is 2.07 bits per heavy atom. The number of likely N-dealkylation sites (N-methyl/N-ethyl adjacent to an activating group) is 1. The van der Waals surface area contributed by atoms with Gasteiger partial charge < -0.3 is 15.4 Å². The number of rotatable bonds is 6. The van der Waals surface area contributed by atoms with Crippen molar-refractivity contribution < 1.29 is 4.74 Å². The van der Waals surface area contributed by atoms with Gasteiger partial charge in [0, 0.05) is 18.8 Å². The Bertz CT molecular complexity index is 300. The lowest BCUT2D eigenvalue weighted by Crippen LogP contribution is -2.17. The minimum absolute atomic E-state index is 0.716. The van der Waals surface area contributed by atoms with Crippen LogP contribution in [-0.4, -0.2) is 26.7 Å². The molecule has 0 unspecified atom stereocenters. The molecule has 0 spiro atoms. The Balaban J connectivity index is 2.56. The van der Waals surface area contributed by atoms with Crippen LogP contribution in [0.4, 0.5) is 5.69 Å². The molecule has 3 heteroatoms. The Labute approximate surface area is 91.8 Å². The first-order valence-electron chi connectivity index (χ1n) is 5.40. The first kappa shape index (κ1) is 11.9. The summed E-state index contributed by atoms with van der Waals surface area (Å²) in [6, 6.07) is 6.18. The normalized spacial score (nSPS) is 10.1. The van der Waals surface area contributed by atoms with E-state index in [9.17, 15) is 0 Å². The maximum Gasteiger partial charge on any atom is 0.122 e. The van der Waals surface area contributed by atoms with E-state index in [4.69, 9.17) is 4.74 Å². The van der Waals surface area contributed by atoms with E-state index in [1.165, 1.54) is 5.56 Å². The number of hydrogen-bond donors (Lipinski definition) is 2. The van der Waals surface area contributed by atoms with Crippen molar-refractivity contribution >= 4 is 5.69 Å². The van der Waals surface area contributed by atoms with Crippen LogP contribution in [-0.2, 0) is 0 Å². The van der Waals surface area contributed by atoms with E-state index in [1.807, 2.05) is 26.1 Å². The molecule has 1 aromatic carbocycles. The number of hydrogen-bond acceptors (Lipinski definition) is 3. The van der Waals surface area contributed by atoms with Crippen LogP contribution in [0.15, 0.2) is 18.2 Å². The second-order valence-corrected chi connectivity index (χ2v) is 3.44.